The molecule has 3 heteroatoms. The molecule has 1 aromatic carbocycles. The van der Waals surface area contributed by atoms with Crippen molar-refractivity contribution in [2.45, 2.75) is 90.3 Å². The predicted octanol–water partition coefficient (Wildman–Crippen LogP) is 6.56. The number of ether oxygens (including phenoxy) is 1. The highest BCUT2D eigenvalue weighted by molar-refractivity contribution is 5.89. The molecular formula is C28H40O3. The average Bonchev–Trinajstić information content (AvgIpc) is 3.10. The molecule has 3 aliphatic rings. The molecule has 3 nitrogen and oxygen atoms in total. The minimum atomic E-state index is -0.553. The molecule has 31 heavy (non-hydrogen) atoms. The summed E-state index contributed by atoms with van der Waals surface area (Å²) in [7, 11) is 0. The standard InChI is InChI=1S/C28H40O3/c1-20(31-26(29)22-10-5-4-6-11-22)24-14-15-25-23-13-7-8-17-27(2,30)18-9-12-21(23)16-19-28(24,25)3/h4-8,10-11,20-21,23-25,30H,9,12-19H2,1-3H3. The topological polar surface area (TPSA) is 46.5 Å². The summed E-state index contributed by atoms with van der Waals surface area (Å²) in [5, 5.41) is 10.5. The predicted molar refractivity (Wildman–Crippen MR) is 125 cm³/mol. The van der Waals surface area contributed by atoms with Crippen LogP contribution >= 0.6 is 0 Å². The number of fused-ring (bicyclic) bond motifs is 3. The van der Waals surface area contributed by atoms with Gasteiger partial charge in [-0.05, 0) is 94.1 Å². The fourth-order valence-corrected chi connectivity index (χ4v) is 7.22. The van der Waals surface area contributed by atoms with Crippen LogP contribution in [0.15, 0.2) is 42.5 Å². The molecule has 0 radical (unpaired) electrons. The molecule has 0 bridgehead atoms. The van der Waals surface area contributed by atoms with E-state index >= 15 is 0 Å². The zero-order valence-electron chi connectivity index (χ0n) is 19.6. The molecule has 7 unspecified atom stereocenters. The van der Waals surface area contributed by atoms with E-state index in [2.05, 4.69) is 26.0 Å². The summed E-state index contributed by atoms with van der Waals surface area (Å²) in [6, 6.07) is 9.38. The largest absolute Gasteiger partial charge is 0.459 e. The number of carbonyl (C=O) groups excluding carboxylic acids is 1. The van der Waals surface area contributed by atoms with Crippen LogP contribution in [-0.4, -0.2) is 22.8 Å². The van der Waals surface area contributed by atoms with E-state index in [1.807, 2.05) is 37.3 Å². The van der Waals surface area contributed by atoms with E-state index < -0.39 is 5.60 Å². The zero-order valence-corrected chi connectivity index (χ0v) is 19.6. The van der Waals surface area contributed by atoms with Crippen molar-refractivity contribution in [3.05, 3.63) is 48.0 Å². The van der Waals surface area contributed by atoms with E-state index in [4.69, 9.17) is 4.74 Å². The third kappa shape index (κ3) is 4.77. The number of benzene rings is 1. The van der Waals surface area contributed by atoms with Crippen LogP contribution in [0.5, 0.6) is 0 Å². The minimum Gasteiger partial charge on any atom is -0.459 e. The van der Waals surface area contributed by atoms with Gasteiger partial charge in [-0.15, -0.1) is 0 Å². The summed E-state index contributed by atoms with van der Waals surface area (Å²) >= 11 is 0. The van der Waals surface area contributed by atoms with Crippen LogP contribution in [0.25, 0.3) is 0 Å². The first-order valence-corrected chi connectivity index (χ1v) is 12.4. The molecule has 4 rings (SSSR count). The molecule has 0 saturated heterocycles. The lowest BCUT2D eigenvalue weighted by molar-refractivity contribution is -0.0430. The Morgan fingerprint density at radius 2 is 1.84 bits per heavy atom. The molecule has 0 spiro atoms. The Bertz CT molecular complexity index is 783. The summed E-state index contributed by atoms with van der Waals surface area (Å²) < 4.78 is 5.99. The normalized spacial score (nSPS) is 39.2. The molecule has 1 N–H and O–H groups in total. The van der Waals surface area contributed by atoms with Crippen molar-refractivity contribution in [1.29, 1.82) is 0 Å². The van der Waals surface area contributed by atoms with Gasteiger partial charge in [0.1, 0.15) is 6.10 Å². The van der Waals surface area contributed by atoms with Gasteiger partial charge in [-0.1, -0.05) is 50.1 Å². The molecule has 0 aromatic heterocycles. The molecule has 1 aromatic rings. The van der Waals surface area contributed by atoms with Gasteiger partial charge in [0.05, 0.1) is 11.2 Å². The third-order valence-electron chi connectivity index (χ3n) is 8.95. The lowest BCUT2D eigenvalue weighted by atomic mass is 9.56. The maximum absolute atomic E-state index is 12.7. The number of carbonyl (C=O) groups is 1. The zero-order chi connectivity index (χ0) is 22.1. The van der Waals surface area contributed by atoms with Gasteiger partial charge in [-0.3, -0.25) is 0 Å². The van der Waals surface area contributed by atoms with Crippen molar-refractivity contribution in [2.75, 3.05) is 0 Å². The quantitative estimate of drug-likeness (QED) is 0.441. The van der Waals surface area contributed by atoms with Gasteiger partial charge in [0.25, 0.3) is 0 Å². The van der Waals surface area contributed by atoms with Gasteiger partial charge < -0.3 is 9.84 Å². The van der Waals surface area contributed by atoms with Crippen LogP contribution in [0.2, 0.25) is 0 Å². The molecule has 0 aliphatic heterocycles. The molecule has 2 saturated carbocycles. The Balaban J connectivity index is 1.47. The summed E-state index contributed by atoms with van der Waals surface area (Å²) in [5.41, 5.74) is 0.343. The van der Waals surface area contributed by atoms with Crippen LogP contribution < -0.4 is 0 Å². The highest BCUT2D eigenvalue weighted by Gasteiger charge is 2.55. The number of aliphatic hydroxyl groups is 1. The number of hydrogen-bond acceptors (Lipinski definition) is 3. The molecule has 3 aliphatic carbocycles. The van der Waals surface area contributed by atoms with Crippen LogP contribution in [0.1, 0.15) is 88.9 Å². The molecule has 2 fully saturated rings. The van der Waals surface area contributed by atoms with E-state index in [0.717, 1.165) is 43.9 Å². The van der Waals surface area contributed by atoms with E-state index in [9.17, 15) is 9.90 Å². The van der Waals surface area contributed by atoms with Gasteiger partial charge >= 0.3 is 5.97 Å². The second-order valence-electron chi connectivity index (χ2n) is 11.0. The first kappa shape index (κ1) is 22.6. The minimum absolute atomic E-state index is 0.0515. The first-order valence-electron chi connectivity index (χ1n) is 12.4. The lowest BCUT2D eigenvalue weighted by Gasteiger charge is -2.50. The van der Waals surface area contributed by atoms with Gasteiger partial charge in [0, 0.05) is 5.92 Å². The van der Waals surface area contributed by atoms with Crippen LogP contribution in [0.4, 0.5) is 0 Å². The number of rotatable bonds is 3. The smallest absolute Gasteiger partial charge is 0.338 e. The monoisotopic (exact) mass is 424 g/mol. The Labute approximate surface area is 188 Å². The van der Waals surface area contributed by atoms with Crippen LogP contribution in [0.3, 0.4) is 0 Å². The molecule has 0 amide bonds. The van der Waals surface area contributed by atoms with Gasteiger partial charge in [0.2, 0.25) is 0 Å². The van der Waals surface area contributed by atoms with Crippen molar-refractivity contribution in [1.82, 2.24) is 0 Å². The van der Waals surface area contributed by atoms with Crippen molar-refractivity contribution < 1.29 is 14.6 Å². The first-order chi connectivity index (χ1) is 14.8. The van der Waals surface area contributed by atoms with Crippen LogP contribution in [0, 0.1) is 29.1 Å². The Kier molecular flexibility index (Phi) is 6.62. The van der Waals surface area contributed by atoms with Crippen molar-refractivity contribution in [3.63, 3.8) is 0 Å². The van der Waals surface area contributed by atoms with Gasteiger partial charge in [-0.25, -0.2) is 4.79 Å². The molecule has 170 valence electrons. The maximum Gasteiger partial charge on any atom is 0.338 e. The summed E-state index contributed by atoms with van der Waals surface area (Å²) in [6.07, 6.45) is 14.6. The number of esters is 1. The number of hydrogen-bond donors (Lipinski definition) is 1. The molecule has 0 heterocycles. The second kappa shape index (κ2) is 9.10. The van der Waals surface area contributed by atoms with Gasteiger partial charge in [0.15, 0.2) is 0 Å². The van der Waals surface area contributed by atoms with E-state index in [-0.39, 0.29) is 17.5 Å². The summed E-state index contributed by atoms with van der Waals surface area (Å²) in [6.45, 7) is 6.57. The molecule has 7 atom stereocenters. The maximum atomic E-state index is 12.7. The van der Waals surface area contributed by atoms with Crippen LogP contribution in [-0.2, 0) is 4.74 Å². The summed E-state index contributed by atoms with van der Waals surface area (Å²) in [4.78, 5) is 12.7. The van der Waals surface area contributed by atoms with Gasteiger partial charge in [-0.2, -0.15) is 0 Å². The molecular weight excluding hydrogens is 384 g/mol. The van der Waals surface area contributed by atoms with Crippen molar-refractivity contribution >= 4 is 5.97 Å². The van der Waals surface area contributed by atoms with E-state index in [1.54, 1.807) is 0 Å². The lowest BCUT2D eigenvalue weighted by Crippen LogP contribution is -2.44. The number of allylic oxidation sites excluding steroid dienone is 1. The van der Waals surface area contributed by atoms with E-state index in [0.29, 0.717) is 17.4 Å². The SMILES string of the molecule is CC(OC(=O)c1ccccc1)C1CCC2C3CC=CCC(C)(O)CCCC3CCC12C. The summed E-state index contributed by atoms with van der Waals surface area (Å²) in [5.74, 6) is 2.44. The third-order valence-corrected chi connectivity index (χ3v) is 8.95. The Hall–Kier alpha value is -1.61. The Morgan fingerprint density at radius 1 is 1.06 bits per heavy atom. The van der Waals surface area contributed by atoms with Crippen molar-refractivity contribution in [2.24, 2.45) is 29.1 Å². The average molecular weight is 425 g/mol. The fourth-order valence-electron chi connectivity index (χ4n) is 7.22. The Morgan fingerprint density at radius 3 is 2.61 bits per heavy atom. The van der Waals surface area contributed by atoms with E-state index in [1.165, 1.54) is 25.7 Å². The highest BCUT2D eigenvalue weighted by Crippen LogP contribution is 2.61. The fraction of sp³-hybridized carbons (Fsp3) is 0.679. The van der Waals surface area contributed by atoms with Crippen molar-refractivity contribution in [3.8, 4) is 0 Å². The second-order valence-corrected chi connectivity index (χ2v) is 11.0. The highest BCUT2D eigenvalue weighted by atomic mass is 16.5.